The predicted octanol–water partition coefficient (Wildman–Crippen LogP) is 4.45. The SMILES string of the molecule is CCCCC(CCC)NC1=NC(CC(C)C)CS1. The van der Waals surface area contributed by atoms with Crippen molar-refractivity contribution in [3.63, 3.8) is 0 Å². The third-order valence-electron chi connectivity index (χ3n) is 3.33. The molecule has 0 radical (unpaired) electrons. The lowest BCUT2D eigenvalue weighted by atomic mass is 10.1. The summed E-state index contributed by atoms with van der Waals surface area (Å²) in [5, 5.41) is 4.87. The minimum Gasteiger partial charge on any atom is -0.362 e. The highest BCUT2D eigenvalue weighted by molar-refractivity contribution is 8.14. The van der Waals surface area contributed by atoms with E-state index >= 15 is 0 Å². The monoisotopic (exact) mass is 270 g/mol. The van der Waals surface area contributed by atoms with E-state index in [1.165, 1.54) is 49.4 Å². The summed E-state index contributed by atoms with van der Waals surface area (Å²) in [4.78, 5) is 4.83. The van der Waals surface area contributed by atoms with Crippen LogP contribution in [-0.2, 0) is 0 Å². The van der Waals surface area contributed by atoms with E-state index in [1.54, 1.807) is 0 Å². The topological polar surface area (TPSA) is 24.4 Å². The molecule has 2 nitrogen and oxygen atoms in total. The van der Waals surface area contributed by atoms with Gasteiger partial charge in [-0.1, -0.05) is 58.7 Å². The molecule has 18 heavy (non-hydrogen) atoms. The van der Waals surface area contributed by atoms with E-state index in [0.29, 0.717) is 12.1 Å². The van der Waals surface area contributed by atoms with Gasteiger partial charge in [0.15, 0.2) is 5.17 Å². The van der Waals surface area contributed by atoms with Crippen LogP contribution >= 0.6 is 11.8 Å². The Bertz CT molecular complexity index is 251. The van der Waals surface area contributed by atoms with Gasteiger partial charge in [-0.3, -0.25) is 4.99 Å². The maximum atomic E-state index is 4.83. The van der Waals surface area contributed by atoms with Gasteiger partial charge in [-0.05, 0) is 25.2 Å². The zero-order valence-electron chi connectivity index (χ0n) is 12.5. The second kappa shape index (κ2) is 8.84. The van der Waals surface area contributed by atoms with Gasteiger partial charge >= 0.3 is 0 Å². The number of thioether (sulfide) groups is 1. The van der Waals surface area contributed by atoms with E-state index in [-0.39, 0.29) is 0 Å². The maximum Gasteiger partial charge on any atom is 0.157 e. The zero-order valence-corrected chi connectivity index (χ0v) is 13.4. The molecule has 2 atom stereocenters. The Hall–Kier alpha value is -0.180. The van der Waals surface area contributed by atoms with E-state index in [0.717, 1.165) is 5.92 Å². The first-order chi connectivity index (χ1) is 8.65. The van der Waals surface area contributed by atoms with Crippen molar-refractivity contribution >= 4 is 16.9 Å². The van der Waals surface area contributed by atoms with E-state index in [9.17, 15) is 0 Å². The van der Waals surface area contributed by atoms with Gasteiger partial charge in [-0.25, -0.2) is 0 Å². The second-order valence-electron chi connectivity index (χ2n) is 5.80. The van der Waals surface area contributed by atoms with Crippen molar-refractivity contribution in [1.29, 1.82) is 0 Å². The van der Waals surface area contributed by atoms with Crippen molar-refractivity contribution in [2.45, 2.75) is 78.3 Å². The second-order valence-corrected chi connectivity index (χ2v) is 6.81. The lowest BCUT2D eigenvalue weighted by molar-refractivity contribution is 0.494. The summed E-state index contributed by atoms with van der Waals surface area (Å²) in [5.41, 5.74) is 0. The first-order valence-electron chi connectivity index (χ1n) is 7.62. The van der Waals surface area contributed by atoms with Crippen LogP contribution in [0.2, 0.25) is 0 Å². The van der Waals surface area contributed by atoms with Crippen LogP contribution in [0.4, 0.5) is 0 Å². The molecule has 3 heteroatoms. The molecule has 1 heterocycles. The molecule has 0 saturated heterocycles. The van der Waals surface area contributed by atoms with Gasteiger partial charge in [-0.2, -0.15) is 0 Å². The molecule has 0 amide bonds. The summed E-state index contributed by atoms with van der Waals surface area (Å²) in [5.74, 6) is 1.93. The average molecular weight is 270 g/mol. The number of amidine groups is 1. The van der Waals surface area contributed by atoms with Crippen molar-refractivity contribution < 1.29 is 0 Å². The molecular formula is C15H30N2S. The molecule has 0 saturated carbocycles. The molecule has 0 aromatic carbocycles. The number of rotatable bonds is 8. The van der Waals surface area contributed by atoms with Crippen LogP contribution < -0.4 is 5.32 Å². The smallest absolute Gasteiger partial charge is 0.157 e. The molecule has 0 aromatic rings. The molecule has 0 aliphatic carbocycles. The van der Waals surface area contributed by atoms with Crippen LogP contribution in [0.25, 0.3) is 0 Å². The van der Waals surface area contributed by atoms with Crippen LogP contribution in [0.3, 0.4) is 0 Å². The van der Waals surface area contributed by atoms with Gasteiger partial charge in [0.05, 0.1) is 6.04 Å². The van der Waals surface area contributed by atoms with Crippen molar-refractivity contribution in [3.05, 3.63) is 0 Å². The van der Waals surface area contributed by atoms with Crippen molar-refractivity contribution in [3.8, 4) is 0 Å². The molecule has 0 bridgehead atoms. The first-order valence-corrected chi connectivity index (χ1v) is 8.61. The highest BCUT2D eigenvalue weighted by atomic mass is 32.2. The summed E-state index contributed by atoms with van der Waals surface area (Å²) in [6.45, 7) is 9.11. The minimum absolute atomic E-state index is 0.547. The lowest BCUT2D eigenvalue weighted by Crippen LogP contribution is -2.32. The standard InChI is InChI=1S/C15H30N2S/c1-5-7-9-13(8-6-2)16-15-17-14(11-18-15)10-12(3)4/h12-14H,5-11H2,1-4H3,(H,16,17). The fraction of sp³-hybridized carbons (Fsp3) is 0.933. The van der Waals surface area contributed by atoms with Gasteiger partial charge in [0.25, 0.3) is 0 Å². The number of nitrogens with zero attached hydrogens (tertiary/aromatic N) is 1. The zero-order chi connectivity index (χ0) is 13.4. The fourth-order valence-electron chi connectivity index (χ4n) is 2.42. The van der Waals surface area contributed by atoms with Gasteiger partial charge < -0.3 is 5.32 Å². The Balaban J connectivity index is 2.38. The van der Waals surface area contributed by atoms with Crippen LogP contribution in [0.5, 0.6) is 0 Å². The van der Waals surface area contributed by atoms with Crippen LogP contribution in [0.15, 0.2) is 4.99 Å². The van der Waals surface area contributed by atoms with E-state index < -0.39 is 0 Å². The number of nitrogens with one attached hydrogen (secondary N) is 1. The number of hydrogen-bond acceptors (Lipinski definition) is 3. The van der Waals surface area contributed by atoms with Crippen LogP contribution in [-0.4, -0.2) is 23.0 Å². The third kappa shape index (κ3) is 6.12. The molecule has 1 aliphatic rings. The molecular weight excluding hydrogens is 240 g/mol. The summed E-state index contributed by atoms with van der Waals surface area (Å²) >= 11 is 1.92. The number of hydrogen-bond donors (Lipinski definition) is 1. The Labute approximate surface area is 117 Å². The molecule has 0 fully saturated rings. The number of unbranched alkanes of at least 4 members (excludes halogenated alkanes) is 1. The average Bonchev–Trinajstić information content (AvgIpc) is 2.72. The Kier molecular flexibility index (Phi) is 7.80. The first kappa shape index (κ1) is 15.9. The molecule has 0 aromatic heterocycles. The van der Waals surface area contributed by atoms with E-state index in [4.69, 9.17) is 4.99 Å². The third-order valence-corrected chi connectivity index (χ3v) is 4.37. The highest BCUT2D eigenvalue weighted by Crippen LogP contribution is 2.22. The largest absolute Gasteiger partial charge is 0.362 e. The molecule has 1 aliphatic heterocycles. The van der Waals surface area contributed by atoms with Crippen LogP contribution in [0, 0.1) is 5.92 Å². The summed E-state index contributed by atoms with van der Waals surface area (Å²) in [6, 6.07) is 1.19. The minimum atomic E-state index is 0.547. The normalized spacial score (nSPS) is 21.2. The molecule has 2 unspecified atom stereocenters. The summed E-state index contributed by atoms with van der Waals surface area (Å²) in [6.07, 6.45) is 7.66. The molecule has 1 N–H and O–H groups in total. The predicted molar refractivity (Wildman–Crippen MR) is 84.5 cm³/mol. The maximum absolute atomic E-state index is 4.83. The lowest BCUT2D eigenvalue weighted by Gasteiger charge is -2.18. The van der Waals surface area contributed by atoms with Gasteiger partial charge in [0, 0.05) is 11.8 Å². The quantitative estimate of drug-likeness (QED) is 0.704. The Morgan fingerprint density at radius 2 is 2.06 bits per heavy atom. The highest BCUT2D eigenvalue weighted by Gasteiger charge is 2.20. The van der Waals surface area contributed by atoms with E-state index in [1.807, 2.05) is 11.8 Å². The van der Waals surface area contributed by atoms with Crippen molar-refractivity contribution in [1.82, 2.24) is 5.32 Å². The summed E-state index contributed by atoms with van der Waals surface area (Å²) in [7, 11) is 0. The van der Waals surface area contributed by atoms with Crippen molar-refractivity contribution in [2.75, 3.05) is 5.75 Å². The fourth-order valence-corrected chi connectivity index (χ4v) is 3.46. The molecule has 0 spiro atoms. The molecule has 1 rings (SSSR count). The van der Waals surface area contributed by atoms with Gasteiger partial charge in [0.2, 0.25) is 0 Å². The Morgan fingerprint density at radius 3 is 2.67 bits per heavy atom. The molecule has 106 valence electrons. The number of aliphatic imine (C=N–C) groups is 1. The Morgan fingerprint density at radius 1 is 1.28 bits per heavy atom. The summed E-state index contributed by atoms with van der Waals surface area (Å²) < 4.78 is 0. The van der Waals surface area contributed by atoms with Gasteiger partial charge in [-0.15, -0.1) is 0 Å². The van der Waals surface area contributed by atoms with Crippen LogP contribution in [0.1, 0.15) is 66.2 Å². The van der Waals surface area contributed by atoms with Gasteiger partial charge in [0.1, 0.15) is 0 Å². The van der Waals surface area contributed by atoms with E-state index in [2.05, 4.69) is 33.0 Å². The van der Waals surface area contributed by atoms with Crippen molar-refractivity contribution in [2.24, 2.45) is 10.9 Å².